The SMILES string of the molecule is Cc1ccc(NC(=O)CC(C)(C)C)c(C(=O)O)c1. The summed E-state index contributed by atoms with van der Waals surface area (Å²) in [4.78, 5) is 22.9. The molecule has 0 unspecified atom stereocenters. The van der Waals surface area contributed by atoms with Gasteiger partial charge in [-0.15, -0.1) is 0 Å². The van der Waals surface area contributed by atoms with Crippen molar-refractivity contribution in [1.29, 1.82) is 0 Å². The fourth-order valence-electron chi connectivity index (χ4n) is 1.62. The van der Waals surface area contributed by atoms with Crippen LogP contribution in [-0.4, -0.2) is 17.0 Å². The zero-order valence-electron chi connectivity index (χ0n) is 11.2. The molecule has 0 saturated carbocycles. The first-order chi connectivity index (χ1) is 8.19. The van der Waals surface area contributed by atoms with E-state index in [1.165, 1.54) is 0 Å². The Labute approximate surface area is 107 Å². The lowest BCUT2D eigenvalue weighted by molar-refractivity contribution is -0.117. The average Bonchev–Trinajstić information content (AvgIpc) is 2.17. The second-order valence-corrected chi connectivity index (χ2v) is 5.64. The van der Waals surface area contributed by atoms with Gasteiger partial charge in [0.25, 0.3) is 0 Å². The van der Waals surface area contributed by atoms with Crippen LogP contribution in [0.1, 0.15) is 43.1 Å². The van der Waals surface area contributed by atoms with Crippen molar-refractivity contribution >= 4 is 17.6 Å². The molecule has 0 aliphatic carbocycles. The van der Waals surface area contributed by atoms with Gasteiger partial charge >= 0.3 is 5.97 Å². The fourth-order valence-corrected chi connectivity index (χ4v) is 1.62. The van der Waals surface area contributed by atoms with Gasteiger partial charge < -0.3 is 10.4 Å². The van der Waals surface area contributed by atoms with Gasteiger partial charge in [0.2, 0.25) is 5.91 Å². The van der Waals surface area contributed by atoms with Gasteiger partial charge in [0.1, 0.15) is 0 Å². The van der Waals surface area contributed by atoms with Gasteiger partial charge in [-0.05, 0) is 24.5 Å². The van der Waals surface area contributed by atoms with Gasteiger partial charge in [-0.2, -0.15) is 0 Å². The molecule has 0 radical (unpaired) electrons. The molecule has 1 aromatic carbocycles. The molecule has 4 nitrogen and oxygen atoms in total. The summed E-state index contributed by atoms with van der Waals surface area (Å²) in [7, 11) is 0. The van der Waals surface area contributed by atoms with Crippen LogP contribution in [0, 0.1) is 12.3 Å². The van der Waals surface area contributed by atoms with E-state index < -0.39 is 5.97 Å². The zero-order valence-corrected chi connectivity index (χ0v) is 11.2. The van der Waals surface area contributed by atoms with Crippen molar-refractivity contribution in [3.8, 4) is 0 Å². The average molecular weight is 249 g/mol. The van der Waals surface area contributed by atoms with E-state index in [2.05, 4.69) is 5.32 Å². The lowest BCUT2D eigenvalue weighted by Gasteiger charge is -2.18. The number of nitrogens with one attached hydrogen (secondary N) is 1. The normalized spacial score (nSPS) is 11.1. The maximum atomic E-state index is 11.8. The van der Waals surface area contributed by atoms with E-state index in [-0.39, 0.29) is 16.9 Å². The van der Waals surface area contributed by atoms with Crippen molar-refractivity contribution in [2.75, 3.05) is 5.32 Å². The number of hydrogen-bond acceptors (Lipinski definition) is 2. The molecule has 0 spiro atoms. The van der Waals surface area contributed by atoms with Crippen molar-refractivity contribution in [3.05, 3.63) is 29.3 Å². The zero-order chi connectivity index (χ0) is 13.9. The maximum absolute atomic E-state index is 11.8. The van der Waals surface area contributed by atoms with Crippen LogP contribution in [0.4, 0.5) is 5.69 Å². The van der Waals surface area contributed by atoms with Crippen LogP contribution in [-0.2, 0) is 4.79 Å². The van der Waals surface area contributed by atoms with Gasteiger partial charge in [0.15, 0.2) is 0 Å². The Morgan fingerprint density at radius 1 is 1.28 bits per heavy atom. The summed E-state index contributed by atoms with van der Waals surface area (Å²) in [6, 6.07) is 4.95. The molecule has 0 bridgehead atoms. The minimum Gasteiger partial charge on any atom is -0.478 e. The van der Waals surface area contributed by atoms with Gasteiger partial charge in [0, 0.05) is 6.42 Å². The largest absolute Gasteiger partial charge is 0.478 e. The minimum absolute atomic E-state index is 0.122. The summed E-state index contributed by atoms with van der Waals surface area (Å²) in [5.41, 5.74) is 1.19. The van der Waals surface area contributed by atoms with E-state index in [1.54, 1.807) is 18.2 Å². The number of aromatic carboxylic acids is 1. The third kappa shape index (κ3) is 4.20. The molecular weight excluding hydrogens is 230 g/mol. The van der Waals surface area contributed by atoms with E-state index >= 15 is 0 Å². The molecule has 2 N–H and O–H groups in total. The topological polar surface area (TPSA) is 66.4 Å². The number of carboxylic acids is 1. The molecule has 0 aliphatic heterocycles. The van der Waals surface area contributed by atoms with Crippen LogP contribution in [0.15, 0.2) is 18.2 Å². The van der Waals surface area contributed by atoms with Crippen molar-refractivity contribution in [3.63, 3.8) is 0 Å². The number of amides is 1. The Balaban J connectivity index is 2.91. The number of carbonyl (C=O) groups is 2. The van der Waals surface area contributed by atoms with Crippen LogP contribution >= 0.6 is 0 Å². The number of benzene rings is 1. The third-order valence-corrected chi connectivity index (χ3v) is 2.37. The Hall–Kier alpha value is -1.84. The van der Waals surface area contributed by atoms with Crippen LogP contribution < -0.4 is 5.32 Å². The highest BCUT2D eigenvalue weighted by atomic mass is 16.4. The van der Waals surface area contributed by atoms with E-state index in [1.807, 2.05) is 27.7 Å². The van der Waals surface area contributed by atoms with Gasteiger partial charge in [-0.1, -0.05) is 32.4 Å². The number of hydrogen-bond donors (Lipinski definition) is 2. The summed E-state index contributed by atoms with van der Waals surface area (Å²) in [6.07, 6.45) is 0.347. The number of aryl methyl sites for hydroxylation is 1. The Morgan fingerprint density at radius 2 is 1.89 bits per heavy atom. The third-order valence-electron chi connectivity index (χ3n) is 2.37. The van der Waals surface area contributed by atoms with E-state index in [0.717, 1.165) is 5.56 Å². The molecule has 0 atom stereocenters. The Morgan fingerprint density at radius 3 is 2.39 bits per heavy atom. The number of carboxylic acid groups (broad SMARTS) is 1. The Bertz CT molecular complexity index is 472. The fraction of sp³-hybridized carbons (Fsp3) is 0.429. The van der Waals surface area contributed by atoms with Crippen molar-refractivity contribution < 1.29 is 14.7 Å². The molecule has 0 saturated heterocycles. The van der Waals surface area contributed by atoms with Crippen LogP contribution in [0.5, 0.6) is 0 Å². The summed E-state index contributed by atoms with van der Waals surface area (Å²) in [6.45, 7) is 7.69. The van der Waals surface area contributed by atoms with Gasteiger partial charge in [-0.3, -0.25) is 4.79 Å². The van der Waals surface area contributed by atoms with Crippen molar-refractivity contribution in [1.82, 2.24) is 0 Å². The minimum atomic E-state index is -1.04. The molecule has 0 aromatic heterocycles. The van der Waals surface area contributed by atoms with E-state index in [0.29, 0.717) is 12.1 Å². The van der Waals surface area contributed by atoms with Gasteiger partial charge in [-0.25, -0.2) is 4.79 Å². The maximum Gasteiger partial charge on any atom is 0.337 e. The predicted molar refractivity (Wildman–Crippen MR) is 70.8 cm³/mol. The molecule has 98 valence electrons. The lowest BCUT2D eigenvalue weighted by atomic mass is 9.92. The standard InChI is InChI=1S/C14H19NO3/c1-9-5-6-11(10(7-9)13(17)18)15-12(16)8-14(2,3)4/h5-7H,8H2,1-4H3,(H,15,16)(H,17,18). The number of anilines is 1. The number of carbonyl (C=O) groups excluding carboxylic acids is 1. The van der Waals surface area contributed by atoms with Gasteiger partial charge in [0.05, 0.1) is 11.3 Å². The summed E-state index contributed by atoms with van der Waals surface area (Å²) in [5.74, 6) is -1.21. The molecule has 1 aromatic rings. The van der Waals surface area contributed by atoms with Crippen molar-refractivity contribution in [2.24, 2.45) is 5.41 Å². The smallest absolute Gasteiger partial charge is 0.337 e. The predicted octanol–water partition coefficient (Wildman–Crippen LogP) is 3.07. The Kier molecular flexibility index (Phi) is 4.11. The second kappa shape index (κ2) is 5.21. The molecule has 0 fully saturated rings. The highest BCUT2D eigenvalue weighted by Gasteiger charge is 2.18. The van der Waals surface area contributed by atoms with Crippen LogP contribution in [0.2, 0.25) is 0 Å². The molecule has 18 heavy (non-hydrogen) atoms. The monoisotopic (exact) mass is 249 g/mol. The first kappa shape index (κ1) is 14.2. The lowest BCUT2D eigenvalue weighted by Crippen LogP contribution is -2.21. The molecule has 0 heterocycles. The highest BCUT2D eigenvalue weighted by Crippen LogP contribution is 2.22. The highest BCUT2D eigenvalue weighted by molar-refractivity contribution is 6.00. The molecule has 1 rings (SSSR count). The second-order valence-electron chi connectivity index (χ2n) is 5.64. The first-order valence-electron chi connectivity index (χ1n) is 5.83. The first-order valence-corrected chi connectivity index (χ1v) is 5.83. The van der Waals surface area contributed by atoms with E-state index in [4.69, 9.17) is 5.11 Å². The summed E-state index contributed by atoms with van der Waals surface area (Å²) < 4.78 is 0. The van der Waals surface area contributed by atoms with Crippen LogP contribution in [0.3, 0.4) is 0 Å². The molecule has 0 aliphatic rings. The van der Waals surface area contributed by atoms with Crippen LogP contribution in [0.25, 0.3) is 0 Å². The number of rotatable bonds is 3. The summed E-state index contributed by atoms with van der Waals surface area (Å²) >= 11 is 0. The molecule has 4 heteroatoms. The summed E-state index contributed by atoms with van der Waals surface area (Å²) in [5, 5.41) is 11.7. The molecular formula is C14H19NO3. The van der Waals surface area contributed by atoms with E-state index in [9.17, 15) is 9.59 Å². The quantitative estimate of drug-likeness (QED) is 0.865. The van der Waals surface area contributed by atoms with Crippen molar-refractivity contribution in [2.45, 2.75) is 34.1 Å². The molecule has 1 amide bonds.